The number of carboxylic acid groups (broad SMARTS) is 1. The van der Waals surface area contributed by atoms with Crippen LogP contribution in [-0.2, 0) is 4.79 Å². The van der Waals surface area contributed by atoms with Crippen LogP contribution in [0.5, 0.6) is 5.75 Å². The van der Waals surface area contributed by atoms with E-state index in [1.807, 2.05) is 0 Å². The molecule has 0 spiro atoms. The Morgan fingerprint density at radius 1 is 1.24 bits per heavy atom. The number of nitrogens with one attached hydrogen (secondary N) is 1. The van der Waals surface area contributed by atoms with Gasteiger partial charge in [0.1, 0.15) is 5.75 Å². The molecule has 116 valence electrons. The quantitative estimate of drug-likeness (QED) is 0.606. The lowest BCUT2D eigenvalue weighted by Gasteiger charge is -2.10. The van der Waals surface area contributed by atoms with Crippen molar-refractivity contribution in [3.63, 3.8) is 0 Å². The van der Waals surface area contributed by atoms with E-state index in [0.717, 1.165) is 25.7 Å². The first-order valence-corrected chi connectivity index (χ1v) is 6.99. The smallest absolute Gasteiger partial charge is 0.337 e. The fraction of sp³-hybridized carbons (Fsp3) is 0.467. The van der Waals surface area contributed by atoms with E-state index in [4.69, 9.17) is 15.6 Å². The third-order valence-corrected chi connectivity index (χ3v) is 3.09. The molecule has 6 heteroatoms. The zero-order chi connectivity index (χ0) is 15.7. The molecule has 4 N–H and O–H groups in total. The summed E-state index contributed by atoms with van der Waals surface area (Å²) in [5.74, 6) is -0.852. The predicted molar refractivity (Wildman–Crippen MR) is 80.7 cm³/mol. The van der Waals surface area contributed by atoms with Crippen molar-refractivity contribution < 1.29 is 19.4 Å². The Morgan fingerprint density at radius 2 is 1.95 bits per heavy atom. The first-order chi connectivity index (χ1) is 10.1. The number of anilines is 1. The van der Waals surface area contributed by atoms with Gasteiger partial charge in [0.25, 0.3) is 0 Å². The van der Waals surface area contributed by atoms with Gasteiger partial charge in [-0.3, -0.25) is 4.79 Å². The third-order valence-electron chi connectivity index (χ3n) is 3.09. The number of amides is 1. The summed E-state index contributed by atoms with van der Waals surface area (Å²) in [4.78, 5) is 23.0. The molecule has 0 saturated carbocycles. The van der Waals surface area contributed by atoms with Crippen molar-refractivity contribution in [1.82, 2.24) is 0 Å². The van der Waals surface area contributed by atoms with Crippen LogP contribution >= 0.6 is 0 Å². The zero-order valence-electron chi connectivity index (χ0n) is 12.2. The Morgan fingerprint density at radius 3 is 2.57 bits per heavy atom. The summed E-state index contributed by atoms with van der Waals surface area (Å²) < 4.78 is 4.98. The molecule has 0 saturated heterocycles. The number of methoxy groups -OCH3 is 1. The van der Waals surface area contributed by atoms with Gasteiger partial charge in [0.05, 0.1) is 18.4 Å². The molecule has 1 rings (SSSR count). The average Bonchev–Trinajstić information content (AvgIpc) is 2.47. The summed E-state index contributed by atoms with van der Waals surface area (Å²) in [5, 5.41) is 11.8. The number of aromatic carboxylic acids is 1. The molecule has 1 amide bonds. The maximum Gasteiger partial charge on any atom is 0.337 e. The van der Waals surface area contributed by atoms with Crippen LogP contribution in [0.25, 0.3) is 0 Å². The standard InChI is InChI=1S/C15H22N2O4/c1-21-11-7-8-13(12(10-11)15(19)20)17-14(18)6-4-2-3-5-9-16/h7-8,10H,2-6,9,16H2,1H3,(H,17,18)(H,19,20). The number of ether oxygens (including phenoxy) is 1. The van der Waals surface area contributed by atoms with Crippen molar-refractivity contribution >= 4 is 17.6 Å². The van der Waals surface area contributed by atoms with E-state index in [1.165, 1.54) is 19.2 Å². The van der Waals surface area contributed by atoms with Crippen molar-refractivity contribution in [2.24, 2.45) is 5.73 Å². The highest BCUT2D eigenvalue weighted by Crippen LogP contribution is 2.22. The lowest BCUT2D eigenvalue weighted by molar-refractivity contribution is -0.116. The van der Waals surface area contributed by atoms with E-state index in [2.05, 4.69) is 5.32 Å². The summed E-state index contributed by atoms with van der Waals surface area (Å²) in [5.41, 5.74) is 5.70. The number of hydrogen-bond donors (Lipinski definition) is 3. The summed E-state index contributed by atoms with van der Waals surface area (Å²) in [6.07, 6.45) is 4.05. The SMILES string of the molecule is COc1ccc(NC(=O)CCCCCCN)c(C(=O)O)c1. The fourth-order valence-electron chi connectivity index (χ4n) is 1.93. The highest BCUT2D eigenvalue weighted by Gasteiger charge is 2.13. The first kappa shape index (κ1) is 17.0. The van der Waals surface area contributed by atoms with Gasteiger partial charge >= 0.3 is 5.97 Å². The number of carboxylic acids is 1. The summed E-state index contributed by atoms with van der Waals surface area (Å²) in [6.45, 7) is 0.667. The molecule has 21 heavy (non-hydrogen) atoms. The van der Waals surface area contributed by atoms with E-state index < -0.39 is 5.97 Å². The predicted octanol–water partition coefficient (Wildman–Crippen LogP) is 2.24. The third kappa shape index (κ3) is 5.83. The second kappa shape index (κ2) is 8.97. The van der Waals surface area contributed by atoms with Crippen molar-refractivity contribution in [3.8, 4) is 5.75 Å². The minimum atomic E-state index is -1.10. The van der Waals surface area contributed by atoms with Gasteiger partial charge in [-0.05, 0) is 37.6 Å². The Labute approximate surface area is 124 Å². The van der Waals surface area contributed by atoms with Crippen LogP contribution in [0.2, 0.25) is 0 Å². The van der Waals surface area contributed by atoms with Gasteiger partial charge in [0, 0.05) is 6.42 Å². The summed E-state index contributed by atoms with van der Waals surface area (Å²) >= 11 is 0. The van der Waals surface area contributed by atoms with Crippen LogP contribution < -0.4 is 15.8 Å². The van der Waals surface area contributed by atoms with Crippen LogP contribution in [0, 0.1) is 0 Å². The molecule has 6 nitrogen and oxygen atoms in total. The van der Waals surface area contributed by atoms with Crippen molar-refractivity contribution in [3.05, 3.63) is 23.8 Å². The van der Waals surface area contributed by atoms with E-state index in [9.17, 15) is 9.59 Å². The second-order valence-corrected chi connectivity index (χ2v) is 4.72. The minimum Gasteiger partial charge on any atom is -0.497 e. The molecule has 0 unspecified atom stereocenters. The molecule has 0 radical (unpaired) electrons. The van der Waals surface area contributed by atoms with Gasteiger partial charge in [-0.25, -0.2) is 4.79 Å². The van der Waals surface area contributed by atoms with Crippen molar-refractivity contribution in [2.45, 2.75) is 32.1 Å². The number of benzene rings is 1. The Balaban J connectivity index is 2.57. The molecule has 0 fully saturated rings. The van der Waals surface area contributed by atoms with Crippen molar-refractivity contribution in [2.75, 3.05) is 19.0 Å². The topological polar surface area (TPSA) is 102 Å². The first-order valence-electron chi connectivity index (χ1n) is 6.99. The average molecular weight is 294 g/mol. The van der Waals surface area contributed by atoms with E-state index >= 15 is 0 Å². The van der Waals surface area contributed by atoms with Gasteiger partial charge < -0.3 is 20.9 Å². The molecular weight excluding hydrogens is 272 g/mol. The summed E-state index contributed by atoms with van der Waals surface area (Å²) in [6, 6.07) is 4.54. The minimum absolute atomic E-state index is 0.0193. The van der Waals surface area contributed by atoms with Gasteiger partial charge in [0.2, 0.25) is 5.91 Å². The highest BCUT2D eigenvalue weighted by molar-refractivity contribution is 6.00. The lowest BCUT2D eigenvalue weighted by atomic mass is 10.1. The molecular formula is C15H22N2O4. The normalized spacial score (nSPS) is 10.2. The number of carbonyl (C=O) groups excluding carboxylic acids is 1. The number of rotatable bonds is 9. The number of hydrogen-bond acceptors (Lipinski definition) is 4. The molecule has 0 bridgehead atoms. The number of carbonyl (C=O) groups is 2. The molecule has 1 aromatic carbocycles. The van der Waals surface area contributed by atoms with Crippen LogP contribution in [-0.4, -0.2) is 30.6 Å². The maximum atomic E-state index is 11.8. The van der Waals surface area contributed by atoms with Gasteiger partial charge in [-0.2, -0.15) is 0 Å². The summed E-state index contributed by atoms with van der Waals surface area (Å²) in [7, 11) is 1.46. The molecule has 0 aliphatic heterocycles. The van der Waals surface area contributed by atoms with E-state index in [1.54, 1.807) is 6.07 Å². The Bertz CT molecular complexity index is 489. The molecule has 0 heterocycles. The van der Waals surface area contributed by atoms with Gasteiger partial charge in [-0.1, -0.05) is 12.8 Å². The molecule has 0 atom stereocenters. The van der Waals surface area contributed by atoms with Crippen LogP contribution in [0.4, 0.5) is 5.69 Å². The highest BCUT2D eigenvalue weighted by atomic mass is 16.5. The Hall–Kier alpha value is -2.08. The monoisotopic (exact) mass is 294 g/mol. The zero-order valence-corrected chi connectivity index (χ0v) is 12.2. The van der Waals surface area contributed by atoms with E-state index in [0.29, 0.717) is 18.7 Å². The van der Waals surface area contributed by atoms with Gasteiger partial charge in [0.15, 0.2) is 0 Å². The molecule has 0 aliphatic carbocycles. The largest absolute Gasteiger partial charge is 0.497 e. The van der Waals surface area contributed by atoms with E-state index in [-0.39, 0.29) is 17.2 Å². The molecule has 0 aromatic heterocycles. The van der Waals surface area contributed by atoms with Crippen LogP contribution in [0.3, 0.4) is 0 Å². The fourth-order valence-corrected chi connectivity index (χ4v) is 1.93. The number of nitrogens with two attached hydrogens (primary N) is 1. The van der Waals surface area contributed by atoms with Gasteiger partial charge in [-0.15, -0.1) is 0 Å². The second-order valence-electron chi connectivity index (χ2n) is 4.72. The molecule has 1 aromatic rings. The van der Waals surface area contributed by atoms with Crippen molar-refractivity contribution in [1.29, 1.82) is 0 Å². The maximum absolute atomic E-state index is 11.8. The molecule has 0 aliphatic rings. The Kier molecular flexibility index (Phi) is 7.25. The van der Waals surface area contributed by atoms with Crippen LogP contribution in [0.1, 0.15) is 42.5 Å². The van der Waals surface area contributed by atoms with Crippen LogP contribution in [0.15, 0.2) is 18.2 Å². The number of unbranched alkanes of at least 4 members (excludes halogenated alkanes) is 3. The lowest BCUT2D eigenvalue weighted by Crippen LogP contribution is -2.14.